The van der Waals surface area contributed by atoms with Crippen LogP contribution in [-0.2, 0) is 0 Å². The van der Waals surface area contributed by atoms with Crippen LogP contribution in [0.2, 0.25) is 0 Å². The van der Waals surface area contributed by atoms with Gasteiger partial charge in [-0.1, -0.05) is 17.7 Å². The van der Waals surface area contributed by atoms with Crippen molar-refractivity contribution >= 4 is 11.9 Å². The van der Waals surface area contributed by atoms with Gasteiger partial charge in [0, 0.05) is 19.1 Å². The normalized spacial score (nSPS) is 14.6. The van der Waals surface area contributed by atoms with Crippen molar-refractivity contribution in [2.75, 3.05) is 26.2 Å². The van der Waals surface area contributed by atoms with Crippen molar-refractivity contribution in [2.24, 2.45) is 0 Å². The molecule has 1 fully saturated rings. The Hall–Kier alpha value is -2.96. The summed E-state index contributed by atoms with van der Waals surface area (Å²) >= 11 is 0. The van der Waals surface area contributed by atoms with E-state index in [4.69, 9.17) is 9.15 Å². The summed E-state index contributed by atoms with van der Waals surface area (Å²) in [5.41, 5.74) is 1.18. The molecule has 0 saturated carbocycles. The van der Waals surface area contributed by atoms with Crippen LogP contribution in [0, 0.1) is 6.92 Å². The first-order chi connectivity index (χ1) is 13.1. The third-order valence-corrected chi connectivity index (χ3v) is 4.53. The number of ether oxygens (including phenoxy) is 1. The molecule has 2 heterocycles. The molecular formula is C20H25N3O4. The molecule has 2 aromatic rings. The zero-order valence-corrected chi connectivity index (χ0v) is 15.4. The quantitative estimate of drug-likeness (QED) is 0.765. The van der Waals surface area contributed by atoms with E-state index in [-0.39, 0.29) is 18.0 Å². The van der Waals surface area contributed by atoms with Crippen molar-refractivity contribution in [1.29, 1.82) is 0 Å². The molecule has 3 rings (SSSR count). The van der Waals surface area contributed by atoms with Gasteiger partial charge in [-0.05, 0) is 44.0 Å². The second-order valence-corrected chi connectivity index (χ2v) is 6.61. The largest absolute Gasteiger partial charge is 0.492 e. The molecular weight excluding hydrogens is 346 g/mol. The molecule has 0 radical (unpaired) electrons. The molecule has 0 bridgehead atoms. The van der Waals surface area contributed by atoms with E-state index < -0.39 is 0 Å². The predicted octanol–water partition coefficient (Wildman–Crippen LogP) is 2.57. The molecule has 0 spiro atoms. The topological polar surface area (TPSA) is 83.8 Å². The van der Waals surface area contributed by atoms with Crippen LogP contribution in [0.4, 0.5) is 4.79 Å². The molecule has 1 aromatic heterocycles. The van der Waals surface area contributed by atoms with E-state index in [1.807, 2.05) is 31.2 Å². The van der Waals surface area contributed by atoms with Crippen LogP contribution >= 0.6 is 0 Å². The molecule has 27 heavy (non-hydrogen) atoms. The highest BCUT2D eigenvalue weighted by molar-refractivity contribution is 5.91. The standard InChI is InChI=1S/C20H25N3O4/c1-15-4-6-17(7-5-15)26-14-10-21-20(25)22-16-8-11-23(12-9-16)19(24)18-3-2-13-27-18/h2-7,13,16H,8-12,14H2,1H3,(H2,21,22,25). The molecule has 1 aliphatic heterocycles. The molecule has 1 saturated heterocycles. The molecule has 1 aliphatic rings. The maximum absolute atomic E-state index is 12.2. The number of urea groups is 1. The number of aryl methyl sites for hydroxylation is 1. The van der Waals surface area contributed by atoms with Crippen molar-refractivity contribution in [2.45, 2.75) is 25.8 Å². The van der Waals surface area contributed by atoms with E-state index in [1.54, 1.807) is 17.0 Å². The number of piperidine rings is 1. The number of furan rings is 1. The van der Waals surface area contributed by atoms with Gasteiger partial charge >= 0.3 is 6.03 Å². The molecule has 3 amide bonds. The summed E-state index contributed by atoms with van der Waals surface area (Å²) in [7, 11) is 0. The third-order valence-electron chi connectivity index (χ3n) is 4.53. The number of carbonyl (C=O) groups excluding carboxylic acids is 2. The summed E-state index contributed by atoms with van der Waals surface area (Å²) in [6.45, 7) is 4.05. The van der Waals surface area contributed by atoms with Crippen molar-refractivity contribution in [3.63, 3.8) is 0 Å². The fraction of sp³-hybridized carbons (Fsp3) is 0.400. The van der Waals surface area contributed by atoms with E-state index in [0.717, 1.165) is 18.6 Å². The lowest BCUT2D eigenvalue weighted by atomic mass is 10.1. The van der Waals surface area contributed by atoms with Crippen LogP contribution in [0.25, 0.3) is 0 Å². The minimum absolute atomic E-state index is 0.0590. The Balaban J connectivity index is 1.31. The average molecular weight is 371 g/mol. The number of nitrogens with one attached hydrogen (secondary N) is 2. The van der Waals surface area contributed by atoms with Gasteiger partial charge in [0.2, 0.25) is 0 Å². The molecule has 0 atom stereocenters. The Morgan fingerprint density at radius 2 is 1.93 bits per heavy atom. The first kappa shape index (κ1) is 18.8. The van der Waals surface area contributed by atoms with Crippen molar-refractivity contribution in [1.82, 2.24) is 15.5 Å². The first-order valence-electron chi connectivity index (χ1n) is 9.18. The van der Waals surface area contributed by atoms with Crippen LogP contribution in [0.1, 0.15) is 29.0 Å². The van der Waals surface area contributed by atoms with Gasteiger partial charge in [0.05, 0.1) is 12.8 Å². The van der Waals surface area contributed by atoms with Crippen LogP contribution in [0.3, 0.4) is 0 Å². The maximum Gasteiger partial charge on any atom is 0.315 e. The predicted molar refractivity (Wildman–Crippen MR) is 101 cm³/mol. The van der Waals surface area contributed by atoms with Gasteiger partial charge in [0.25, 0.3) is 5.91 Å². The molecule has 7 nitrogen and oxygen atoms in total. The van der Waals surface area contributed by atoms with E-state index in [1.165, 1.54) is 11.8 Å². The molecule has 1 aromatic carbocycles. The van der Waals surface area contributed by atoms with Crippen molar-refractivity contribution < 1.29 is 18.7 Å². The number of nitrogens with zero attached hydrogens (tertiary/aromatic N) is 1. The minimum atomic E-state index is -0.210. The van der Waals surface area contributed by atoms with Crippen molar-refractivity contribution in [3.8, 4) is 5.75 Å². The maximum atomic E-state index is 12.2. The number of hydrogen-bond acceptors (Lipinski definition) is 4. The Morgan fingerprint density at radius 3 is 2.59 bits per heavy atom. The molecule has 0 unspecified atom stereocenters. The fourth-order valence-corrected chi connectivity index (χ4v) is 2.99. The van der Waals surface area contributed by atoms with Gasteiger partial charge in [-0.3, -0.25) is 4.79 Å². The van der Waals surface area contributed by atoms with Crippen LogP contribution in [0.15, 0.2) is 47.1 Å². The summed E-state index contributed by atoms with van der Waals surface area (Å²) in [5, 5.41) is 5.75. The van der Waals surface area contributed by atoms with E-state index in [2.05, 4.69) is 10.6 Å². The summed E-state index contributed by atoms with van der Waals surface area (Å²) in [4.78, 5) is 26.0. The van der Waals surface area contributed by atoms with Gasteiger partial charge in [-0.2, -0.15) is 0 Å². The SMILES string of the molecule is Cc1ccc(OCCNC(=O)NC2CCN(C(=O)c3ccco3)CC2)cc1. The average Bonchev–Trinajstić information content (AvgIpc) is 3.21. The molecule has 7 heteroatoms. The molecule has 0 aliphatic carbocycles. The second kappa shape index (κ2) is 9.12. The van der Waals surface area contributed by atoms with Gasteiger partial charge in [-0.25, -0.2) is 4.79 Å². The van der Waals surface area contributed by atoms with Crippen molar-refractivity contribution in [3.05, 3.63) is 54.0 Å². The number of carbonyl (C=O) groups is 2. The minimum Gasteiger partial charge on any atom is -0.492 e. The Bertz CT molecular complexity index is 735. The zero-order valence-electron chi connectivity index (χ0n) is 15.4. The Kier molecular flexibility index (Phi) is 6.35. The number of amides is 3. The lowest BCUT2D eigenvalue weighted by molar-refractivity contribution is 0.0676. The molecule has 144 valence electrons. The summed E-state index contributed by atoms with van der Waals surface area (Å²) in [6.07, 6.45) is 2.94. The Labute approximate surface area is 158 Å². The van der Waals surface area contributed by atoms with Crippen LogP contribution in [0.5, 0.6) is 5.75 Å². The van der Waals surface area contributed by atoms with Gasteiger partial charge in [0.15, 0.2) is 5.76 Å². The van der Waals surface area contributed by atoms with E-state index >= 15 is 0 Å². The van der Waals surface area contributed by atoms with Crippen LogP contribution < -0.4 is 15.4 Å². The highest BCUT2D eigenvalue weighted by Crippen LogP contribution is 2.14. The number of likely N-dealkylation sites (tertiary alicyclic amines) is 1. The highest BCUT2D eigenvalue weighted by atomic mass is 16.5. The van der Waals surface area contributed by atoms with E-state index in [0.29, 0.717) is 32.0 Å². The van der Waals surface area contributed by atoms with Crippen LogP contribution in [-0.4, -0.2) is 49.1 Å². The highest BCUT2D eigenvalue weighted by Gasteiger charge is 2.25. The second-order valence-electron chi connectivity index (χ2n) is 6.61. The van der Waals surface area contributed by atoms with Gasteiger partial charge in [-0.15, -0.1) is 0 Å². The summed E-state index contributed by atoms with van der Waals surface area (Å²) in [5.74, 6) is 1.04. The summed E-state index contributed by atoms with van der Waals surface area (Å²) in [6, 6.07) is 11.0. The lowest BCUT2D eigenvalue weighted by Gasteiger charge is -2.31. The number of hydrogen-bond donors (Lipinski definition) is 2. The summed E-state index contributed by atoms with van der Waals surface area (Å²) < 4.78 is 10.7. The number of rotatable bonds is 6. The Morgan fingerprint density at radius 1 is 1.19 bits per heavy atom. The third kappa shape index (κ3) is 5.51. The number of benzene rings is 1. The smallest absolute Gasteiger partial charge is 0.315 e. The lowest BCUT2D eigenvalue weighted by Crippen LogP contribution is -2.49. The first-order valence-corrected chi connectivity index (χ1v) is 9.18. The fourth-order valence-electron chi connectivity index (χ4n) is 2.99. The zero-order chi connectivity index (χ0) is 19.1. The monoisotopic (exact) mass is 371 g/mol. The van der Waals surface area contributed by atoms with E-state index in [9.17, 15) is 9.59 Å². The van der Waals surface area contributed by atoms with Gasteiger partial charge < -0.3 is 24.7 Å². The van der Waals surface area contributed by atoms with Gasteiger partial charge in [0.1, 0.15) is 12.4 Å². The molecule has 2 N–H and O–H groups in total.